The maximum Gasteiger partial charge on any atom is 0.329 e. The first-order valence-electron chi connectivity index (χ1n) is 10.4. The van der Waals surface area contributed by atoms with Crippen LogP contribution in [0.25, 0.3) is 0 Å². The minimum atomic E-state index is -1.04. The number of hydrogen-bond donors (Lipinski definition) is 1. The number of rotatable bonds is 10. The number of Topliss-reactive ketones (excluding diaryl/α,β-unsaturated/α-hetero) is 2. The van der Waals surface area contributed by atoms with Gasteiger partial charge in [-0.05, 0) is 55.5 Å². The van der Waals surface area contributed by atoms with Crippen LogP contribution in [0.3, 0.4) is 0 Å². The van der Waals surface area contributed by atoms with Crippen LogP contribution in [0.5, 0.6) is 5.75 Å². The summed E-state index contributed by atoms with van der Waals surface area (Å²) in [6.45, 7) is 1.50. The van der Waals surface area contributed by atoms with E-state index in [-0.39, 0.29) is 18.0 Å². The molecule has 3 rings (SSSR count). The summed E-state index contributed by atoms with van der Waals surface area (Å²) in [5, 5.41) is 3.54. The molecule has 33 heavy (non-hydrogen) atoms. The Balaban J connectivity index is 1.75. The Morgan fingerprint density at radius 1 is 0.879 bits per heavy atom. The number of hydrogen-bond acceptors (Lipinski definition) is 6. The van der Waals surface area contributed by atoms with Crippen molar-refractivity contribution in [3.8, 4) is 5.75 Å². The van der Waals surface area contributed by atoms with E-state index < -0.39 is 18.1 Å². The zero-order valence-electron chi connectivity index (χ0n) is 18.3. The highest BCUT2D eigenvalue weighted by molar-refractivity contribution is 6.30. The van der Waals surface area contributed by atoms with Crippen LogP contribution in [0.2, 0.25) is 5.02 Å². The van der Waals surface area contributed by atoms with Crippen LogP contribution in [-0.2, 0) is 9.53 Å². The molecule has 0 unspecified atom stereocenters. The molecule has 0 aliphatic carbocycles. The molecule has 1 N–H and O–H groups in total. The van der Waals surface area contributed by atoms with Gasteiger partial charge in [0.05, 0.1) is 7.11 Å². The van der Waals surface area contributed by atoms with Crippen molar-refractivity contribution < 1.29 is 23.9 Å². The van der Waals surface area contributed by atoms with Crippen molar-refractivity contribution in [1.29, 1.82) is 0 Å². The number of carbonyl (C=O) groups is 3. The Kier molecular flexibility index (Phi) is 8.22. The summed E-state index contributed by atoms with van der Waals surface area (Å²) in [5.41, 5.74) is 1.46. The summed E-state index contributed by atoms with van der Waals surface area (Å²) in [7, 11) is 1.56. The molecule has 0 saturated heterocycles. The van der Waals surface area contributed by atoms with Gasteiger partial charge in [0.1, 0.15) is 11.8 Å². The third-order valence-corrected chi connectivity index (χ3v) is 5.24. The van der Waals surface area contributed by atoms with Gasteiger partial charge in [-0.15, -0.1) is 0 Å². The fourth-order valence-corrected chi connectivity index (χ4v) is 3.29. The molecule has 0 aliphatic heterocycles. The van der Waals surface area contributed by atoms with E-state index in [9.17, 15) is 14.4 Å². The lowest BCUT2D eigenvalue weighted by Gasteiger charge is -2.21. The Labute approximate surface area is 197 Å². The molecular weight excluding hydrogens is 442 g/mol. The minimum Gasteiger partial charge on any atom is -0.497 e. The van der Waals surface area contributed by atoms with Gasteiger partial charge in [-0.3, -0.25) is 9.59 Å². The second kappa shape index (κ2) is 11.3. The molecule has 170 valence electrons. The summed E-state index contributed by atoms with van der Waals surface area (Å²) in [6.07, 6.45) is -1.18. The van der Waals surface area contributed by atoms with Crippen molar-refractivity contribution in [2.75, 3.05) is 12.4 Å². The number of benzene rings is 3. The fourth-order valence-electron chi connectivity index (χ4n) is 3.17. The van der Waals surface area contributed by atoms with Gasteiger partial charge >= 0.3 is 5.97 Å². The van der Waals surface area contributed by atoms with Gasteiger partial charge in [-0.2, -0.15) is 0 Å². The third kappa shape index (κ3) is 6.67. The Bertz CT molecular complexity index is 1100. The number of methoxy groups -OCH3 is 1. The molecule has 0 aromatic heterocycles. The van der Waals surface area contributed by atoms with E-state index in [1.807, 2.05) is 6.07 Å². The fraction of sp³-hybridized carbons (Fsp3) is 0.192. The normalized spacial score (nSPS) is 12.3. The van der Waals surface area contributed by atoms with Crippen LogP contribution in [0.15, 0.2) is 78.9 Å². The minimum absolute atomic E-state index is 0.142. The van der Waals surface area contributed by atoms with E-state index in [0.717, 1.165) is 0 Å². The third-order valence-electron chi connectivity index (χ3n) is 4.99. The number of ketones is 2. The highest BCUT2D eigenvalue weighted by atomic mass is 35.5. The van der Waals surface area contributed by atoms with E-state index in [1.54, 1.807) is 79.9 Å². The van der Waals surface area contributed by atoms with Crippen molar-refractivity contribution in [3.63, 3.8) is 0 Å². The molecule has 0 fully saturated rings. The number of ether oxygens (including phenoxy) is 2. The maximum absolute atomic E-state index is 13.0. The first kappa shape index (κ1) is 24.0. The zero-order chi connectivity index (χ0) is 23.8. The summed E-state index contributed by atoms with van der Waals surface area (Å²) in [4.78, 5) is 38.4. The molecule has 0 bridgehead atoms. The van der Waals surface area contributed by atoms with Crippen LogP contribution in [0, 0.1) is 0 Å². The van der Waals surface area contributed by atoms with E-state index in [1.165, 1.54) is 6.92 Å². The van der Waals surface area contributed by atoms with Gasteiger partial charge in [-0.1, -0.05) is 41.9 Å². The lowest BCUT2D eigenvalue weighted by Crippen LogP contribution is -2.37. The van der Waals surface area contributed by atoms with E-state index >= 15 is 0 Å². The van der Waals surface area contributed by atoms with Gasteiger partial charge in [0.25, 0.3) is 0 Å². The zero-order valence-corrected chi connectivity index (χ0v) is 19.0. The van der Waals surface area contributed by atoms with Crippen molar-refractivity contribution in [2.45, 2.75) is 25.5 Å². The van der Waals surface area contributed by atoms with Gasteiger partial charge < -0.3 is 14.8 Å². The molecular formula is C26H24ClNO5. The molecule has 0 spiro atoms. The standard InChI is InChI=1S/C26H24ClNO5/c1-17(25(30)19-8-10-20(27)11-9-19)33-26(31)23(16-24(29)18-6-4-3-5-7-18)28-21-12-14-22(32-2)15-13-21/h3-15,17,23,28H,16H2,1-2H3/t17-,23+/m0/s1. The SMILES string of the molecule is COc1ccc(N[C@H](CC(=O)c2ccccc2)C(=O)O[C@@H](C)C(=O)c2ccc(Cl)cc2)cc1. The first-order valence-corrected chi connectivity index (χ1v) is 10.7. The van der Waals surface area contributed by atoms with Gasteiger partial charge in [0.15, 0.2) is 11.9 Å². The van der Waals surface area contributed by atoms with Crippen LogP contribution in [0.4, 0.5) is 5.69 Å². The predicted molar refractivity (Wildman–Crippen MR) is 127 cm³/mol. The summed E-state index contributed by atoms with van der Waals surface area (Å²) in [5.74, 6) is -0.639. The van der Waals surface area contributed by atoms with Gasteiger partial charge in [0, 0.05) is 28.3 Å². The molecule has 3 aromatic carbocycles. The van der Waals surface area contributed by atoms with Gasteiger partial charge in [-0.25, -0.2) is 4.79 Å². The second-order valence-corrected chi connectivity index (χ2v) is 7.81. The second-order valence-electron chi connectivity index (χ2n) is 7.37. The number of anilines is 1. The Morgan fingerprint density at radius 3 is 2.12 bits per heavy atom. The molecule has 2 atom stereocenters. The molecule has 0 heterocycles. The molecule has 0 saturated carbocycles. The smallest absolute Gasteiger partial charge is 0.329 e. The largest absolute Gasteiger partial charge is 0.497 e. The van der Waals surface area contributed by atoms with Gasteiger partial charge in [0.2, 0.25) is 5.78 Å². The lowest BCUT2D eigenvalue weighted by atomic mass is 10.0. The highest BCUT2D eigenvalue weighted by Crippen LogP contribution is 2.19. The van der Waals surface area contributed by atoms with Crippen LogP contribution in [-0.4, -0.2) is 36.8 Å². The summed E-state index contributed by atoms with van der Waals surface area (Å²) >= 11 is 5.87. The van der Waals surface area contributed by atoms with Crippen LogP contribution in [0.1, 0.15) is 34.1 Å². The van der Waals surface area contributed by atoms with Crippen molar-refractivity contribution >= 4 is 34.8 Å². The van der Waals surface area contributed by atoms with E-state index in [4.69, 9.17) is 21.1 Å². The number of nitrogens with one attached hydrogen (secondary N) is 1. The van der Waals surface area contributed by atoms with Crippen LogP contribution >= 0.6 is 11.6 Å². The molecule has 0 radical (unpaired) electrons. The topological polar surface area (TPSA) is 81.7 Å². The maximum atomic E-state index is 13.0. The molecule has 0 aliphatic rings. The average molecular weight is 466 g/mol. The van der Waals surface area contributed by atoms with E-state index in [2.05, 4.69) is 5.32 Å². The van der Waals surface area contributed by atoms with Crippen molar-refractivity contribution in [1.82, 2.24) is 0 Å². The molecule has 3 aromatic rings. The van der Waals surface area contributed by atoms with E-state index in [0.29, 0.717) is 27.6 Å². The summed E-state index contributed by atoms with van der Waals surface area (Å²) in [6, 6.07) is 20.9. The molecule has 7 heteroatoms. The summed E-state index contributed by atoms with van der Waals surface area (Å²) < 4.78 is 10.6. The number of esters is 1. The Hall–Kier alpha value is -3.64. The molecule has 6 nitrogen and oxygen atoms in total. The van der Waals surface area contributed by atoms with Crippen molar-refractivity contribution in [2.24, 2.45) is 0 Å². The molecule has 0 amide bonds. The Morgan fingerprint density at radius 2 is 1.52 bits per heavy atom. The number of halogens is 1. The predicted octanol–water partition coefficient (Wildman–Crippen LogP) is 5.22. The van der Waals surface area contributed by atoms with Crippen LogP contribution < -0.4 is 10.1 Å². The lowest BCUT2D eigenvalue weighted by molar-refractivity contribution is -0.147. The first-order chi connectivity index (χ1) is 15.9. The monoisotopic (exact) mass is 465 g/mol. The van der Waals surface area contributed by atoms with Crippen molar-refractivity contribution in [3.05, 3.63) is 95.0 Å². The highest BCUT2D eigenvalue weighted by Gasteiger charge is 2.28. The average Bonchev–Trinajstić information content (AvgIpc) is 2.84. The quantitative estimate of drug-likeness (QED) is 0.326. The number of carbonyl (C=O) groups excluding carboxylic acids is 3.